The lowest BCUT2D eigenvalue weighted by Crippen LogP contribution is -2.25. The summed E-state index contributed by atoms with van der Waals surface area (Å²) < 4.78 is 6.98. The smallest absolute Gasteiger partial charge is 0.309 e. The van der Waals surface area contributed by atoms with Crippen LogP contribution in [0.15, 0.2) is 6.07 Å². The van der Waals surface area contributed by atoms with Crippen LogP contribution < -0.4 is 10.1 Å². The summed E-state index contributed by atoms with van der Waals surface area (Å²) in [5.74, 6) is -1.36. The highest BCUT2D eigenvalue weighted by Crippen LogP contribution is 2.32. The van der Waals surface area contributed by atoms with Gasteiger partial charge < -0.3 is 15.2 Å². The minimum atomic E-state index is -0.984. The second kappa shape index (κ2) is 3.47. The van der Waals surface area contributed by atoms with E-state index in [1.165, 1.54) is 0 Å². The van der Waals surface area contributed by atoms with Gasteiger partial charge in [0.1, 0.15) is 6.61 Å². The molecule has 2 aliphatic heterocycles. The van der Waals surface area contributed by atoms with Gasteiger partial charge in [0.2, 0.25) is 11.8 Å². The molecule has 0 bridgehead atoms. The van der Waals surface area contributed by atoms with Crippen LogP contribution in [0.4, 0.5) is 0 Å². The molecule has 7 heteroatoms. The van der Waals surface area contributed by atoms with Crippen molar-refractivity contribution in [2.24, 2.45) is 5.92 Å². The Labute approximate surface area is 96.4 Å². The van der Waals surface area contributed by atoms with Crippen LogP contribution in [-0.4, -0.2) is 33.4 Å². The molecule has 0 aromatic carbocycles. The van der Waals surface area contributed by atoms with Gasteiger partial charge in [0.05, 0.1) is 24.2 Å². The Morgan fingerprint density at radius 2 is 2.47 bits per heavy atom. The van der Waals surface area contributed by atoms with Gasteiger partial charge in [-0.25, -0.2) is 4.68 Å². The largest absolute Gasteiger partial charge is 0.481 e. The van der Waals surface area contributed by atoms with Crippen LogP contribution in [0.25, 0.3) is 0 Å². The Bertz CT molecular complexity index is 474. The number of nitrogens with zero attached hydrogens (tertiary/aromatic N) is 2. The fourth-order valence-electron chi connectivity index (χ4n) is 2.24. The summed E-state index contributed by atoms with van der Waals surface area (Å²) in [6.45, 7) is 1.25. The first-order chi connectivity index (χ1) is 8.15. The fraction of sp³-hybridized carbons (Fsp3) is 0.500. The number of carbonyl (C=O) groups is 2. The zero-order valence-corrected chi connectivity index (χ0v) is 8.92. The van der Waals surface area contributed by atoms with Crippen LogP contribution in [-0.2, 0) is 16.1 Å². The molecule has 2 atom stereocenters. The molecule has 1 saturated heterocycles. The first-order valence-electron chi connectivity index (χ1n) is 5.38. The Kier molecular flexibility index (Phi) is 2.07. The number of hydrogen-bond acceptors (Lipinski definition) is 4. The van der Waals surface area contributed by atoms with Crippen molar-refractivity contribution < 1.29 is 19.4 Å². The maximum Gasteiger partial charge on any atom is 0.309 e. The third-order valence-electron chi connectivity index (χ3n) is 3.07. The van der Waals surface area contributed by atoms with Crippen LogP contribution in [0.3, 0.4) is 0 Å². The average molecular weight is 237 g/mol. The molecule has 2 N–H and O–H groups in total. The van der Waals surface area contributed by atoms with E-state index in [-0.39, 0.29) is 12.3 Å². The summed E-state index contributed by atoms with van der Waals surface area (Å²) in [6.07, 6.45) is 0.00303. The van der Waals surface area contributed by atoms with E-state index >= 15 is 0 Å². The first kappa shape index (κ1) is 10.1. The lowest BCUT2D eigenvalue weighted by atomic mass is 9.98. The molecular formula is C10H11N3O4. The van der Waals surface area contributed by atoms with Crippen molar-refractivity contribution >= 4 is 11.9 Å². The topological polar surface area (TPSA) is 93.5 Å². The van der Waals surface area contributed by atoms with Gasteiger partial charge in [-0.05, 0) is 0 Å². The number of aromatic nitrogens is 2. The monoisotopic (exact) mass is 237 g/mol. The molecule has 0 spiro atoms. The van der Waals surface area contributed by atoms with Crippen molar-refractivity contribution in [2.75, 3.05) is 6.61 Å². The van der Waals surface area contributed by atoms with E-state index in [2.05, 4.69) is 10.4 Å². The minimum absolute atomic E-state index is 0.00303. The molecule has 1 amide bonds. The van der Waals surface area contributed by atoms with Gasteiger partial charge in [-0.2, -0.15) is 5.10 Å². The second-order valence-electron chi connectivity index (χ2n) is 4.17. The number of amides is 1. The molecule has 1 fully saturated rings. The zero-order valence-electron chi connectivity index (χ0n) is 8.92. The third kappa shape index (κ3) is 1.54. The molecule has 0 saturated carbocycles. The highest BCUT2D eigenvalue weighted by molar-refractivity contribution is 5.87. The third-order valence-corrected chi connectivity index (χ3v) is 3.07. The molecule has 2 aliphatic rings. The Hall–Kier alpha value is -2.05. The van der Waals surface area contributed by atoms with Gasteiger partial charge >= 0.3 is 5.97 Å². The maximum atomic E-state index is 11.3. The van der Waals surface area contributed by atoms with E-state index < -0.39 is 17.9 Å². The highest BCUT2D eigenvalue weighted by atomic mass is 16.5. The lowest BCUT2D eigenvalue weighted by molar-refractivity contribution is -0.142. The molecule has 0 aliphatic carbocycles. The number of hydrogen-bond donors (Lipinski definition) is 2. The van der Waals surface area contributed by atoms with Gasteiger partial charge in [0.25, 0.3) is 0 Å². The van der Waals surface area contributed by atoms with Crippen LogP contribution in [0.1, 0.15) is 18.2 Å². The highest BCUT2D eigenvalue weighted by Gasteiger charge is 2.40. The summed E-state index contributed by atoms with van der Waals surface area (Å²) in [5.41, 5.74) is 0.554. The van der Waals surface area contributed by atoms with Crippen molar-refractivity contribution in [3.63, 3.8) is 0 Å². The Morgan fingerprint density at radius 3 is 3.18 bits per heavy atom. The van der Waals surface area contributed by atoms with Gasteiger partial charge in [-0.1, -0.05) is 0 Å². The van der Waals surface area contributed by atoms with Gasteiger partial charge in [-0.3, -0.25) is 9.59 Å². The summed E-state index contributed by atoms with van der Waals surface area (Å²) in [7, 11) is 0. The van der Waals surface area contributed by atoms with E-state index in [4.69, 9.17) is 9.84 Å². The zero-order chi connectivity index (χ0) is 12.0. The molecular weight excluding hydrogens is 226 g/mol. The maximum absolute atomic E-state index is 11.3. The number of aliphatic carboxylic acids is 1. The predicted octanol–water partition coefficient (Wildman–Crippen LogP) is -0.463. The van der Waals surface area contributed by atoms with Crippen molar-refractivity contribution in [3.05, 3.63) is 11.8 Å². The van der Waals surface area contributed by atoms with Crippen molar-refractivity contribution in [1.82, 2.24) is 15.1 Å². The molecule has 1 aromatic heterocycles. The molecule has 0 radical (unpaired) electrons. The molecule has 17 heavy (non-hydrogen) atoms. The van der Waals surface area contributed by atoms with Crippen molar-refractivity contribution in [2.45, 2.75) is 19.0 Å². The van der Waals surface area contributed by atoms with E-state index in [0.29, 0.717) is 24.7 Å². The van der Waals surface area contributed by atoms with Crippen molar-refractivity contribution in [1.29, 1.82) is 0 Å². The SMILES string of the molecule is O=C1CC(C(=O)O)C(c2cc3n(n2)CCO3)N1. The van der Waals surface area contributed by atoms with Gasteiger partial charge in [0.15, 0.2) is 0 Å². The first-order valence-corrected chi connectivity index (χ1v) is 5.38. The summed E-state index contributed by atoms with van der Waals surface area (Å²) >= 11 is 0. The number of carboxylic acids is 1. The van der Waals surface area contributed by atoms with Crippen LogP contribution >= 0.6 is 0 Å². The minimum Gasteiger partial charge on any atom is -0.481 e. The summed E-state index contributed by atoms with van der Waals surface area (Å²) in [5, 5.41) is 15.9. The number of nitrogens with one attached hydrogen (secondary N) is 1. The van der Waals surface area contributed by atoms with Gasteiger partial charge in [0, 0.05) is 12.5 Å². The number of ether oxygens (including phenoxy) is 1. The summed E-state index contributed by atoms with van der Waals surface area (Å²) in [4.78, 5) is 22.3. The molecule has 90 valence electrons. The summed E-state index contributed by atoms with van der Waals surface area (Å²) in [6, 6.07) is 1.14. The molecule has 7 nitrogen and oxygen atoms in total. The van der Waals surface area contributed by atoms with E-state index in [1.54, 1.807) is 10.7 Å². The number of carbonyl (C=O) groups excluding carboxylic acids is 1. The Balaban J connectivity index is 1.91. The quantitative estimate of drug-likeness (QED) is 0.725. The van der Waals surface area contributed by atoms with Crippen LogP contribution in [0.5, 0.6) is 5.88 Å². The molecule has 1 aromatic rings. The van der Waals surface area contributed by atoms with E-state index in [0.717, 1.165) is 0 Å². The molecule has 2 unspecified atom stereocenters. The van der Waals surface area contributed by atoms with E-state index in [9.17, 15) is 9.59 Å². The standard InChI is InChI=1S/C10H11N3O4/c14-7-3-5(10(15)16)9(11-7)6-4-8-13(12-6)1-2-17-8/h4-5,9H,1-3H2,(H,11,14)(H,15,16). The fourth-order valence-corrected chi connectivity index (χ4v) is 2.24. The number of rotatable bonds is 2. The molecule has 3 heterocycles. The van der Waals surface area contributed by atoms with Crippen LogP contribution in [0.2, 0.25) is 0 Å². The average Bonchev–Trinajstić information content (AvgIpc) is 2.87. The Morgan fingerprint density at radius 1 is 1.65 bits per heavy atom. The van der Waals surface area contributed by atoms with E-state index in [1.807, 2.05) is 0 Å². The number of carboxylic acid groups (broad SMARTS) is 1. The number of fused-ring (bicyclic) bond motifs is 1. The normalized spacial score (nSPS) is 26.5. The van der Waals surface area contributed by atoms with Gasteiger partial charge in [-0.15, -0.1) is 0 Å². The second-order valence-corrected chi connectivity index (χ2v) is 4.17. The van der Waals surface area contributed by atoms with Crippen LogP contribution in [0, 0.1) is 5.92 Å². The lowest BCUT2D eigenvalue weighted by Gasteiger charge is -2.12. The predicted molar refractivity (Wildman–Crippen MR) is 54.3 cm³/mol. The molecule has 3 rings (SSSR count). The van der Waals surface area contributed by atoms with Crippen molar-refractivity contribution in [3.8, 4) is 5.88 Å².